The first-order valence-electron chi connectivity index (χ1n) is 9.12. The smallest absolute Gasteiger partial charge is 0.220 e. The van der Waals surface area contributed by atoms with Crippen LogP contribution in [-0.4, -0.2) is 17.9 Å². The lowest BCUT2D eigenvalue weighted by Crippen LogP contribution is -2.33. The lowest BCUT2D eigenvalue weighted by Gasteiger charge is -2.34. The number of rotatable bonds is 7. The molecule has 1 aliphatic heterocycles. The van der Waals surface area contributed by atoms with Gasteiger partial charge in [-0.15, -0.1) is 0 Å². The Morgan fingerprint density at radius 3 is 2.92 bits per heavy atom. The molecule has 2 aliphatic rings. The van der Waals surface area contributed by atoms with E-state index in [0.29, 0.717) is 38.1 Å². The molecule has 1 aliphatic carbocycles. The van der Waals surface area contributed by atoms with Gasteiger partial charge in [0.25, 0.3) is 0 Å². The van der Waals surface area contributed by atoms with E-state index < -0.39 is 0 Å². The predicted molar refractivity (Wildman–Crippen MR) is 95.9 cm³/mol. The molecule has 0 saturated heterocycles. The lowest BCUT2D eigenvalue weighted by molar-refractivity contribution is -0.122. The standard InChI is InChI=1S/C20H26N2O3/c21-19(23)7-3-4-8-20(24)22-13-14-9-10-16-12-15-5-1-2-6-17(15)25-18(16)11-14/h1,5,9-11,15,17H,2-4,6-8,12-13H2,(H2,21,23)(H,22,24). The second kappa shape index (κ2) is 8.19. The van der Waals surface area contributed by atoms with E-state index in [1.54, 1.807) is 0 Å². The Kier molecular flexibility index (Phi) is 5.74. The fourth-order valence-electron chi connectivity index (χ4n) is 3.49. The van der Waals surface area contributed by atoms with Gasteiger partial charge < -0.3 is 15.8 Å². The molecule has 5 heteroatoms. The van der Waals surface area contributed by atoms with Crippen molar-refractivity contribution < 1.29 is 14.3 Å². The third kappa shape index (κ3) is 4.84. The van der Waals surface area contributed by atoms with Crippen LogP contribution in [0.25, 0.3) is 0 Å². The van der Waals surface area contributed by atoms with Gasteiger partial charge in [-0.1, -0.05) is 24.3 Å². The van der Waals surface area contributed by atoms with Crippen molar-refractivity contribution >= 4 is 11.8 Å². The van der Waals surface area contributed by atoms with E-state index in [2.05, 4.69) is 35.7 Å². The number of carbonyl (C=O) groups is 2. The quantitative estimate of drug-likeness (QED) is 0.590. The zero-order chi connectivity index (χ0) is 17.6. The van der Waals surface area contributed by atoms with Crippen molar-refractivity contribution in [3.05, 3.63) is 41.5 Å². The summed E-state index contributed by atoms with van der Waals surface area (Å²) in [4.78, 5) is 22.5. The van der Waals surface area contributed by atoms with Crippen LogP contribution in [-0.2, 0) is 22.6 Å². The van der Waals surface area contributed by atoms with Crippen LogP contribution >= 0.6 is 0 Å². The number of nitrogens with one attached hydrogen (secondary N) is 1. The first-order chi connectivity index (χ1) is 12.1. The number of benzene rings is 1. The number of hydrogen-bond donors (Lipinski definition) is 2. The van der Waals surface area contributed by atoms with Crippen LogP contribution in [0.1, 0.15) is 49.7 Å². The third-order valence-corrected chi connectivity index (χ3v) is 4.91. The topological polar surface area (TPSA) is 81.4 Å². The fourth-order valence-corrected chi connectivity index (χ4v) is 3.49. The van der Waals surface area contributed by atoms with Crippen molar-refractivity contribution in [2.24, 2.45) is 11.7 Å². The van der Waals surface area contributed by atoms with Crippen molar-refractivity contribution in [3.63, 3.8) is 0 Å². The van der Waals surface area contributed by atoms with Gasteiger partial charge in [-0.05, 0) is 49.3 Å². The minimum Gasteiger partial charge on any atom is -0.490 e. The number of primary amides is 1. The molecule has 0 aromatic heterocycles. The Labute approximate surface area is 148 Å². The molecule has 3 N–H and O–H groups in total. The number of ether oxygens (including phenoxy) is 1. The van der Waals surface area contributed by atoms with Gasteiger partial charge >= 0.3 is 0 Å². The summed E-state index contributed by atoms with van der Waals surface area (Å²) in [7, 11) is 0. The number of nitrogens with two attached hydrogens (primary N) is 1. The zero-order valence-corrected chi connectivity index (χ0v) is 14.5. The molecule has 1 heterocycles. The minimum absolute atomic E-state index is 0.000547. The maximum absolute atomic E-state index is 11.9. The molecule has 2 unspecified atom stereocenters. The van der Waals surface area contributed by atoms with Gasteiger partial charge in [0.1, 0.15) is 11.9 Å². The second-order valence-corrected chi connectivity index (χ2v) is 6.92. The van der Waals surface area contributed by atoms with Crippen LogP contribution in [0.5, 0.6) is 5.75 Å². The molecule has 2 atom stereocenters. The molecule has 5 nitrogen and oxygen atoms in total. The lowest BCUT2D eigenvalue weighted by atomic mass is 9.84. The normalized spacial score (nSPS) is 21.0. The van der Waals surface area contributed by atoms with Gasteiger partial charge in [0.2, 0.25) is 11.8 Å². The van der Waals surface area contributed by atoms with E-state index in [9.17, 15) is 9.59 Å². The first-order valence-corrected chi connectivity index (χ1v) is 9.12. The highest BCUT2D eigenvalue weighted by Crippen LogP contribution is 2.35. The molecule has 3 rings (SSSR count). The number of hydrogen-bond acceptors (Lipinski definition) is 3. The Bertz CT molecular complexity index is 669. The van der Waals surface area contributed by atoms with E-state index in [1.807, 2.05) is 0 Å². The van der Waals surface area contributed by atoms with E-state index in [1.165, 1.54) is 5.56 Å². The molecule has 0 bridgehead atoms. The van der Waals surface area contributed by atoms with Crippen molar-refractivity contribution in [2.45, 2.75) is 57.6 Å². The Morgan fingerprint density at radius 1 is 1.24 bits per heavy atom. The molecule has 0 spiro atoms. The summed E-state index contributed by atoms with van der Waals surface area (Å²) in [5, 5.41) is 2.93. The average Bonchev–Trinajstić information content (AvgIpc) is 2.61. The molecular weight excluding hydrogens is 316 g/mol. The predicted octanol–water partition coefficient (Wildman–Crippen LogP) is 2.62. The molecular formula is C20H26N2O3. The summed E-state index contributed by atoms with van der Waals surface area (Å²) in [6, 6.07) is 6.22. The maximum atomic E-state index is 11.9. The van der Waals surface area contributed by atoms with Crippen molar-refractivity contribution in [1.29, 1.82) is 0 Å². The Morgan fingerprint density at radius 2 is 2.08 bits per heavy atom. The molecule has 1 aromatic carbocycles. The summed E-state index contributed by atoms with van der Waals surface area (Å²) in [6.45, 7) is 0.499. The summed E-state index contributed by atoms with van der Waals surface area (Å²) in [5.41, 5.74) is 7.38. The fraction of sp³-hybridized carbons (Fsp3) is 0.500. The molecule has 0 fully saturated rings. The summed E-state index contributed by atoms with van der Waals surface area (Å²) >= 11 is 0. The number of amides is 2. The van der Waals surface area contributed by atoms with Crippen LogP contribution < -0.4 is 15.8 Å². The number of unbranched alkanes of at least 4 members (excludes halogenated alkanes) is 1. The van der Waals surface area contributed by atoms with Gasteiger partial charge in [0.15, 0.2) is 0 Å². The molecule has 0 saturated carbocycles. The van der Waals surface area contributed by atoms with Gasteiger partial charge in [-0.3, -0.25) is 9.59 Å². The Hall–Kier alpha value is -2.30. The molecule has 25 heavy (non-hydrogen) atoms. The van der Waals surface area contributed by atoms with Crippen molar-refractivity contribution in [3.8, 4) is 5.75 Å². The largest absolute Gasteiger partial charge is 0.490 e. The SMILES string of the molecule is NC(=O)CCCCC(=O)NCc1ccc2c(c1)OC1CCC=CC1C2. The van der Waals surface area contributed by atoms with E-state index in [4.69, 9.17) is 10.5 Å². The van der Waals surface area contributed by atoms with Crippen LogP contribution in [0.15, 0.2) is 30.4 Å². The van der Waals surface area contributed by atoms with E-state index in [0.717, 1.165) is 30.6 Å². The van der Waals surface area contributed by atoms with Gasteiger partial charge in [-0.2, -0.15) is 0 Å². The number of carbonyl (C=O) groups excluding carboxylic acids is 2. The highest BCUT2D eigenvalue weighted by atomic mass is 16.5. The molecule has 1 aromatic rings. The van der Waals surface area contributed by atoms with Crippen LogP contribution in [0.2, 0.25) is 0 Å². The monoisotopic (exact) mass is 342 g/mol. The highest BCUT2D eigenvalue weighted by molar-refractivity contribution is 5.76. The first kappa shape index (κ1) is 17.5. The Balaban J connectivity index is 1.49. The van der Waals surface area contributed by atoms with Crippen LogP contribution in [0, 0.1) is 5.92 Å². The minimum atomic E-state index is -0.315. The summed E-state index contributed by atoms with van der Waals surface area (Å²) in [5.74, 6) is 1.14. The third-order valence-electron chi connectivity index (χ3n) is 4.91. The van der Waals surface area contributed by atoms with Crippen LogP contribution in [0.4, 0.5) is 0 Å². The number of fused-ring (bicyclic) bond motifs is 2. The van der Waals surface area contributed by atoms with E-state index in [-0.39, 0.29) is 17.9 Å². The zero-order valence-electron chi connectivity index (χ0n) is 14.5. The number of allylic oxidation sites excluding steroid dienone is 1. The molecule has 0 radical (unpaired) electrons. The van der Waals surface area contributed by atoms with Crippen molar-refractivity contribution in [1.82, 2.24) is 5.32 Å². The second-order valence-electron chi connectivity index (χ2n) is 6.92. The maximum Gasteiger partial charge on any atom is 0.220 e. The molecule has 2 amide bonds. The van der Waals surface area contributed by atoms with Gasteiger partial charge in [-0.25, -0.2) is 0 Å². The van der Waals surface area contributed by atoms with Crippen LogP contribution in [0.3, 0.4) is 0 Å². The summed E-state index contributed by atoms with van der Waals surface area (Å²) in [6.07, 6.45) is 10.1. The molecule has 134 valence electrons. The van der Waals surface area contributed by atoms with Crippen molar-refractivity contribution in [2.75, 3.05) is 0 Å². The van der Waals surface area contributed by atoms with Gasteiger partial charge in [0, 0.05) is 25.3 Å². The van der Waals surface area contributed by atoms with Gasteiger partial charge in [0.05, 0.1) is 0 Å². The average molecular weight is 342 g/mol. The highest BCUT2D eigenvalue weighted by Gasteiger charge is 2.29. The summed E-state index contributed by atoms with van der Waals surface area (Å²) < 4.78 is 6.18. The van der Waals surface area contributed by atoms with E-state index >= 15 is 0 Å².